The zero-order valence-electron chi connectivity index (χ0n) is 25.5. The topological polar surface area (TPSA) is 129 Å². The molecule has 232 valence electrons. The number of halogens is 1. The number of amides is 1. The first kappa shape index (κ1) is 31.0. The van der Waals surface area contributed by atoms with E-state index >= 15 is 0 Å². The Morgan fingerprint density at radius 1 is 1.07 bits per heavy atom. The third kappa shape index (κ3) is 7.93. The van der Waals surface area contributed by atoms with E-state index in [1.165, 1.54) is 11.9 Å². The van der Waals surface area contributed by atoms with Crippen molar-refractivity contribution >= 4 is 29.3 Å². The number of anilines is 2. The van der Waals surface area contributed by atoms with E-state index in [-0.39, 0.29) is 12.2 Å². The Morgan fingerprint density at radius 3 is 2.48 bits per heavy atom. The van der Waals surface area contributed by atoms with Crippen molar-refractivity contribution in [1.82, 2.24) is 35.1 Å². The van der Waals surface area contributed by atoms with Crippen LogP contribution in [0.5, 0.6) is 11.5 Å². The highest BCUT2D eigenvalue weighted by molar-refractivity contribution is 6.32. The number of ether oxygens (including phenoxy) is 3. The van der Waals surface area contributed by atoms with E-state index in [0.717, 1.165) is 29.7 Å². The van der Waals surface area contributed by atoms with Crippen molar-refractivity contribution in [3.05, 3.63) is 65.7 Å². The van der Waals surface area contributed by atoms with Gasteiger partial charge >= 0.3 is 6.09 Å². The molecule has 4 aromatic rings. The summed E-state index contributed by atoms with van der Waals surface area (Å²) in [6, 6.07) is 11.7. The third-order valence-corrected chi connectivity index (χ3v) is 7.48. The number of likely N-dealkylation sites (tertiary alicyclic amines) is 1. The van der Waals surface area contributed by atoms with Crippen molar-refractivity contribution in [2.75, 3.05) is 25.5 Å². The van der Waals surface area contributed by atoms with Gasteiger partial charge in [0.15, 0.2) is 0 Å². The lowest BCUT2D eigenvalue weighted by Crippen LogP contribution is -2.41. The Bertz CT molecular complexity index is 1550. The third-order valence-electron chi connectivity index (χ3n) is 7.17. The molecular weight excluding hydrogens is 584 g/mol. The summed E-state index contributed by atoms with van der Waals surface area (Å²) in [5.41, 5.74) is 3.10. The quantitative estimate of drug-likeness (QED) is 0.234. The first-order chi connectivity index (χ1) is 21.1. The number of piperidine rings is 1. The molecule has 2 aromatic heterocycles. The summed E-state index contributed by atoms with van der Waals surface area (Å²) in [5, 5.41) is 14.9. The lowest BCUT2D eigenvalue weighted by molar-refractivity contribution is 0.0204. The summed E-state index contributed by atoms with van der Waals surface area (Å²) in [5.74, 6) is 2.00. The van der Waals surface area contributed by atoms with E-state index in [4.69, 9.17) is 25.8 Å². The standard InChI is InChI=1S/C31H37ClN8O4/c1-20(18-40-19-35-37-38-40)43-27-14-23(6-8-25(27)32)24-16-33-29(34-17-24)36-26-9-7-22(15-28(26)42-5)21-10-12-39(13-11-21)30(41)44-31(2,3)4/h6-9,14-17,19-21H,10-13,18H2,1-5H3,(H,33,34,36). The van der Waals surface area contributed by atoms with Crippen LogP contribution in [-0.2, 0) is 11.3 Å². The smallest absolute Gasteiger partial charge is 0.410 e. The molecule has 44 heavy (non-hydrogen) atoms. The minimum atomic E-state index is -0.500. The Kier molecular flexibility index (Phi) is 9.48. The minimum Gasteiger partial charge on any atom is -0.495 e. The van der Waals surface area contributed by atoms with Crippen LogP contribution in [0, 0.1) is 0 Å². The van der Waals surface area contributed by atoms with Gasteiger partial charge in [0.05, 0.1) is 24.4 Å². The maximum Gasteiger partial charge on any atom is 0.410 e. The highest BCUT2D eigenvalue weighted by atomic mass is 35.5. The van der Waals surface area contributed by atoms with Gasteiger partial charge in [0.2, 0.25) is 5.95 Å². The zero-order chi connectivity index (χ0) is 31.3. The van der Waals surface area contributed by atoms with Crippen LogP contribution >= 0.6 is 11.6 Å². The average Bonchev–Trinajstić information content (AvgIpc) is 3.51. The molecule has 1 saturated heterocycles. The second-order valence-corrected chi connectivity index (χ2v) is 12.1. The summed E-state index contributed by atoms with van der Waals surface area (Å²) in [6.45, 7) is 9.36. The number of aromatic nitrogens is 6. The van der Waals surface area contributed by atoms with Gasteiger partial charge < -0.3 is 24.4 Å². The Hall–Kier alpha value is -4.45. The van der Waals surface area contributed by atoms with Crippen LogP contribution in [0.2, 0.25) is 5.02 Å². The fourth-order valence-corrected chi connectivity index (χ4v) is 5.17. The van der Waals surface area contributed by atoms with Gasteiger partial charge in [0.1, 0.15) is 29.5 Å². The van der Waals surface area contributed by atoms with Crippen LogP contribution in [0.25, 0.3) is 11.1 Å². The van der Waals surface area contributed by atoms with E-state index < -0.39 is 5.60 Å². The molecule has 1 atom stereocenters. The number of rotatable bonds is 9. The molecule has 1 N–H and O–H groups in total. The molecule has 1 aliphatic heterocycles. The van der Waals surface area contributed by atoms with Crippen LogP contribution in [0.3, 0.4) is 0 Å². The normalized spacial score (nSPS) is 14.6. The van der Waals surface area contributed by atoms with Crippen molar-refractivity contribution in [2.45, 2.75) is 64.7 Å². The average molecular weight is 621 g/mol. The van der Waals surface area contributed by atoms with Gasteiger partial charge in [-0.15, -0.1) is 5.10 Å². The fraction of sp³-hybridized carbons (Fsp3) is 0.419. The van der Waals surface area contributed by atoms with Crippen LogP contribution in [0.15, 0.2) is 55.1 Å². The molecule has 0 radical (unpaired) electrons. The van der Waals surface area contributed by atoms with E-state index in [1.807, 2.05) is 52.0 Å². The van der Waals surface area contributed by atoms with E-state index in [9.17, 15) is 4.79 Å². The molecule has 1 aliphatic rings. The summed E-state index contributed by atoms with van der Waals surface area (Å²) < 4.78 is 18.9. The van der Waals surface area contributed by atoms with Crippen molar-refractivity contribution in [2.24, 2.45) is 0 Å². The predicted octanol–water partition coefficient (Wildman–Crippen LogP) is 6.12. The molecule has 1 amide bonds. The molecule has 0 bridgehead atoms. The first-order valence-corrected chi connectivity index (χ1v) is 14.9. The van der Waals surface area contributed by atoms with E-state index in [1.54, 1.807) is 35.2 Å². The zero-order valence-corrected chi connectivity index (χ0v) is 26.3. The molecule has 3 heterocycles. The number of benzene rings is 2. The Labute approximate surface area is 261 Å². The maximum absolute atomic E-state index is 12.4. The number of hydrogen-bond acceptors (Lipinski definition) is 10. The number of carbonyl (C=O) groups is 1. The van der Waals surface area contributed by atoms with Crippen molar-refractivity contribution in [1.29, 1.82) is 0 Å². The van der Waals surface area contributed by atoms with Crippen molar-refractivity contribution in [3.8, 4) is 22.6 Å². The van der Waals surface area contributed by atoms with Gasteiger partial charge in [0, 0.05) is 31.0 Å². The number of nitrogens with one attached hydrogen (secondary N) is 1. The lowest BCUT2D eigenvalue weighted by atomic mass is 9.89. The summed E-state index contributed by atoms with van der Waals surface area (Å²) >= 11 is 6.41. The molecule has 1 fully saturated rings. The van der Waals surface area contributed by atoms with Gasteiger partial charge in [-0.05, 0) is 92.3 Å². The van der Waals surface area contributed by atoms with Crippen LogP contribution < -0.4 is 14.8 Å². The Balaban J connectivity index is 1.21. The molecule has 0 spiro atoms. The molecule has 13 heteroatoms. The molecule has 12 nitrogen and oxygen atoms in total. The van der Waals surface area contributed by atoms with Gasteiger partial charge in [-0.25, -0.2) is 19.4 Å². The van der Waals surface area contributed by atoms with Gasteiger partial charge in [-0.1, -0.05) is 23.7 Å². The molecule has 5 rings (SSSR count). The van der Waals surface area contributed by atoms with Crippen LogP contribution in [0.4, 0.5) is 16.4 Å². The number of carbonyl (C=O) groups excluding carboxylic acids is 1. The Morgan fingerprint density at radius 2 is 1.82 bits per heavy atom. The van der Waals surface area contributed by atoms with Crippen molar-refractivity contribution < 1.29 is 19.0 Å². The number of hydrogen-bond donors (Lipinski definition) is 1. The summed E-state index contributed by atoms with van der Waals surface area (Å²) in [7, 11) is 1.64. The largest absolute Gasteiger partial charge is 0.495 e. The number of tetrazole rings is 1. The highest BCUT2D eigenvalue weighted by Crippen LogP contribution is 2.36. The maximum atomic E-state index is 12.4. The number of methoxy groups -OCH3 is 1. The van der Waals surface area contributed by atoms with E-state index in [2.05, 4.69) is 36.9 Å². The minimum absolute atomic E-state index is 0.208. The molecular formula is C31H37ClN8O4. The molecule has 0 aliphatic carbocycles. The van der Waals surface area contributed by atoms with E-state index in [0.29, 0.717) is 48.0 Å². The summed E-state index contributed by atoms with van der Waals surface area (Å²) in [4.78, 5) is 23.3. The second-order valence-electron chi connectivity index (χ2n) is 11.7. The monoisotopic (exact) mass is 620 g/mol. The molecule has 0 saturated carbocycles. The molecule has 2 aromatic carbocycles. The van der Waals surface area contributed by atoms with Crippen molar-refractivity contribution in [3.63, 3.8) is 0 Å². The molecule has 1 unspecified atom stereocenters. The first-order valence-electron chi connectivity index (χ1n) is 14.5. The van der Waals surface area contributed by atoms with Crippen LogP contribution in [-0.4, -0.2) is 73.1 Å². The second kappa shape index (κ2) is 13.5. The summed E-state index contributed by atoms with van der Waals surface area (Å²) in [6.07, 6.45) is 6.27. The SMILES string of the molecule is COc1cc(C2CCN(C(=O)OC(C)(C)C)CC2)ccc1Nc1ncc(-c2ccc(Cl)c(OC(C)Cn3cnnn3)c2)cn1. The fourth-order valence-electron chi connectivity index (χ4n) is 5.00. The predicted molar refractivity (Wildman–Crippen MR) is 166 cm³/mol. The van der Waals surface area contributed by atoms with Crippen LogP contribution in [0.1, 0.15) is 52.0 Å². The highest BCUT2D eigenvalue weighted by Gasteiger charge is 2.28. The number of nitrogens with zero attached hydrogens (tertiary/aromatic N) is 7. The van der Waals surface area contributed by atoms with Gasteiger partial charge in [0.25, 0.3) is 0 Å². The van der Waals surface area contributed by atoms with Gasteiger partial charge in [-0.3, -0.25) is 0 Å². The van der Waals surface area contributed by atoms with Gasteiger partial charge in [-0.2, -0.15) is 0 Å². The lowest BCUT2D eigenvalue weighted by Gasteiger charge is -2.33.